The van der Waals surface area contributed by atoms with Crippen LogP contribution in [0.15, 0.2) is 182 Å². The lowest BCUT2D eigenvalue weighted by Crippen LogP contribution is -2.55. The highest BCUT2D eigenvalue weighted by Crippen LogP contribution is 2.41. The summed E-state index contributed by atoms with van der Waals surface area (Å²) in [6.45, 7) is 0. The summed E-state index contributed by atoms with van der Waals surface area (Å²) in [5.41, 5.74) is 9.34. The number of para-hydroxylation sites is 2. The number of nitrogens with zero attached hydrogens (tertiary/aromatic N) is 7. The molecule has 8 aromatic carbocycles. The summed E-state index contributed by atoms with van der Waals surface area (Å²) in [6, 6.07) is 60.7. The molecule has 0 atom stereocenters. The molecule has 0 fully saturated rings. The van der Waals surface area contributed by atoms with Gasteiger partial charge in [-0.1, -0.05) is 169 Å². The Morgan fingerprint density at radius 2 is 0.727 bits per heavy atom. The summed E-state index contributed by atoms with van der Waals surface area (Å²) < 4.78 is 2.28. The summed E-state index contributed by atoms with van der Waals surface area (Å²) >= 11 is 0. The third-order valence-electron chi connectivity index (χ3n) is 11.8. The van der Waals surface area contributed by atoms with Crippen LogP contribution in [-0.4, -0.2) is 73.7 Å². The largest absolute Gasteiger partial charge is 0.308 e. The van der Waals surface area contributed by atoms with Gasteiger partial charge in [0.25, 0.3) is 0 Å². The number of rotatable bonds is 8. The summed E-state index contributed by atoms with van der Waals surface area (Å²) in [6.07, 6.45) is 0. The predicted molar refractivity (Wildman–Crippen MR) is 273 cm³/mol. The molecule has 11 aromatic rings. The van der Waals surface area contributed by atoms with Crippen molar-refractivity contribution in [3.8, 4) is 85.1 Å². The van der Waals surface area contributed by atoms with Gasteiger partial charge in [-0.2, -0.15) is 0 Å². The highest BCUT2D eigenvalue weighted by molar-refractivity contribution is 6.68. The molecule has 3 heterocycles. The molecule has 0 aliphatic carbocycles. The standard InChI is InChI=1S/C54H30B5N7/c55-43-42(44(56)46(58)47(59)45(43)57)54-64-51(34-22-11-4-12-23-34)63-53(65-54)39-30-35(52-61-49(32-18-7-2-8-19-32)60-50(62-52)33-20-9-3-10-21-33)28-29-41(39)66-40-27-14-13-24-37(40)38-26-15-25-36(48(38)66)31-16-5-1-6-17-31/h1-30H. The zero-order valence-corrected chi connectivity index (χ0v) is 35.3. The van der Waals surface area contributed by atoms with Crippen molar-refractivity contribution in [2.45, 2.75) is 0 Å². The Morgan fingerprint density at radius 1 is 0.303 bits per heavy atom. The minimum atomic E-state index is 0.0830. The monoisotopic (exact) mass is 831 g/mol. The molecular formula is C54H30B5N7. The van der Waals surface area contributed by atoms with Crippen LogP contribution >= 0.6 is 0 Å². The van der Waals surface area contributed by atoms with E-state index in [0.29, 0.717) is 40.2 Å². The van der Waals surface area contributed by atoms with Gasteiger partial charge in [0.1, 0.15) is 39.2 Å². The summed E-state index contributed by atoms with van der Waals surface area (Å²) in [4.78, 5) is 30.6. The smallest absolute Gasteiger partial charge is 0.166 e. The molecule has 0 aliphatic rings. The fraction of sp³-hybridized carbons (Fsp3) is 0. The van der Waals surface area contributed by atoms with E-state index in [1.54, 1.807) is 0 Å². The topological polar surface area (TPSA) is 82.3 Å². The van der Waals surface area contributed by atoms with Gasteiger partial charge in [0.05, 0.1) is 16.7 Å². The van der Waals surface area contributed by atoms with Crippen LogP contribution in [0.5, 0.6) is 0 Å². The Hall–Kier alpha value is -8.10. The molecule has 0 unspecified atom stereocenters. The van der Waals surface area contributed by atoms with Gasteiger partial charge in [0, 0.05) is 49.7 Å². The van der Waals surface area contributed by atoms with Crippen LogP contribution in [0.1, 0.15) is 0 Å². The molecule has 0 spiro atoms. The van der Waals surface area contributed by atoms with Crippen molar-refractivity contribution in [1.82, 2.24) is 34.5 Å². The van der Waals surface area contributed by atoms with Gasteiger partial charge in [-0.05, 0) is 29.8 Å². The first-order valence-corrected chi connectivity index (χ1v) is 21.2. The van der Waals surface area contributed by atoms with E-state index in [-0.39, 0.29) is 38.7 Å². The SMILES string of the molecule is [B]c1c([B])c([B])c(-c2nc(-c3ccccc3)nc(-c3cc(-c4nc(-c5ccccc5)nc(-c5ccccc5)n4)ccc3-n3c4ccccc4c4cccc(-c5ccccc5)c43)n2)c([B])c1[B]. The van der Waals surface area contributed by atoms with E-state index in [1.807, 2.05) is 115 Å². The Bertz CT molecular complexity index is 3560. The molecule has 66 heavy (non-hydrogen) atoms. The number of aromatic nitrogens is 7. The Labute approximate surface area is 388 Å². The van der Waals surface area contributed by atoms with Gasteiger partial charge in [0.15, 0.2) is 34.9 Å². The average molecular weight is 831 g/mol. The first-order chi connectivity index (χ1) is 32.3. The molecule has 12 heteroatoms. The van der Waals surface area contributed by atoms with E-state index in [0.717, 1.165) is 55.3 Å². The van der Waals surface area contributed by atoms with Crippen LogP contribution in [0.2, 0.25) is 0 Å². The highest BCUT2D eigenvalue weighted by atomic mass is 15.1. The number of fused-ring (bicyclic) bond motifs is 3. The molecule has 0 saturated carbocycles. The maximum absolute atomic E-state index is 6.72. The molecule has 10 radical (unpaired) electrons. The lowest BCUT2D eigenvalue weighted by molar-refractivity contribution is 1.06. The third kappa shape index (κ3) is 7.11. The van der Waals surface area contributed by atoms with Crippen LogP contribution in [0.25, 0.3) is 107 Å². The Kier molecular flexibility index (Phi) is 10.3. The summed E-state index contributed by atoms with van der Waals surface area (Å²) in [5, 5.41) is 2.15. The lowest BCUT2D eigenvalue weighted by atomic mass is 9.60. The van der Waals surface area contributed by atoms with Crippen molar-refractivity contribution in [1.29, 1.82) is 0 Å². The van der Waals surface area contributed by atoms with Crippen molar-refractivity contribution in [2.24, 2.45) is 0 Å². The molecule has 296 valence electrons. The lowest BCUT2D eigenvalue weighted by Gasteiger charge is -2.21. The summed E-state index contributed by atoms with van der Waals surface area (Å²) in [7, 11) is 32.6. The zero-order chi connectivity index (χ0) is 44.9. The fourth-order valence-corrected chi connectivity index (χ4v) is 8.52. The Morgan fingerprint density at radius 3 is 1.29 bits per heavy atom. The van der Waals surface area contributed by atoms with Gasteiger partial charge >= 0.3 is 0 Å². The van der Waals surface area contributed by atoms with Crippen LogP contribution in [0.3, 0.4) is 0 Å². The highest BCUT2D eigenvalue weighted by Gasteiger charge is 2.24. The minimum Gasteiger partial charge on any atom is -0.308 e. The van der Waals surface area contributed by atoms with E-state index in [1.165, 1.54) is 0 Å². The maximum atomic E-state index is 6.72. The van der Waals surface area contributed by atoms with Crippen LogP contribution < -0.4 is 27.3 Å². The molecule has 0 N–H and O–H groups in total. The van der Waals surface area contributed by atoms with Crippen molar-refractivity contribution < 1.29 is 0 Å². The third-order valence-corrected chi connectivity index (χ3v) is 11.8. The molecule has 0 aliphatic heterocycles. The second-order valence-corrected chi connectivity index (χ2v) is 15.8. The predicted octanol–water partition coefficient (Wildman–Crippen LogP) is 6.79. The van der Waals surface area contributed by atoms with E-state index in [2.05, 4.69) is 71.3 Å². The fourth-order valence-electron chi connectivity index (χ4n) is 8.52. The normalized spacial score (nSPS) is 11.3. The second kappa shape index (κ2) is 16.8. The first-order valence-electron chi connectivity index (χ1n) is 21.2. The summed E-state index contributed by atoms with van der Waals surface area (Å²) in [5.74, 6) is 2.34. The van der Waals surface area contributed by atoms with E-state index < -0.39 is 0 Å². The van der Waals surface area contributed by atoms with Gasteiger partial charge < -0.3 is 4.57 Å². The molecule has 0 saturated heterocycles. The molecule has 11 rings (SSSR count). The molecule has 0 amide bonds. The number of hydrogen-bond donors (Lipinski definition) is 0. The maximum Gasteiger partial charge on any atom is 0.166 e. The van der Waals surface area contributed by atoms with Crippen LogP contribution in [-0.2, 0) is 0 Å². The molecule has 3 aromatic heterocycles. The van der Waals surface area contributed by atoms with E-state index in [9.17, 15) is 0 Å². The number of hydrogen-bond acceptors (Lipinski definition) is 6. The molecule has 7 nitrogen and oxygen atoms in total. The van der Waals surface area contributed by atoms with Crippen LogP contribution in [0.4, 0.5) is 0 Å². The molecule has 0 bridgehead atoms. The zero-order valence-electron chi connectivity index (χ0n) is 35.3. The average Bonchev–Trinajstić information content (AvgIpc) is 3.72. The van der Waals surface area contributed by atoms with Gasteiger partial charge in [0.2, 0.25) is 0 Å². The minimum absolute atomic E-state index is 0.0830. The van der Waals surface area contributed by atoms with Crippen molar-refractivity contribution >= 4 is 88.4 Å². The van der Waals surface area contributed by atoms with E-state index in [4.69, 9.17) is 69.1 Å². The van der Waals surface area contributed by atoms with E-state index >= 15 is 0 Å². The second-order valence-electron chi connectivity index (χ2n) is 15.8. The van der Waals surface area contributed by atoms with Gasteiger partial charge in [-0.15, -0.1) is 16.4 Å². The van der Waals surface area contributed by atoms with Crippen molar-refractivity contribution in [2.75, 3.05) is 0 Å². The Balaban J connectivity index is 1.26. The molecular weight excluding hydrogens is 801 g/mol. The van der Waals surface area contributed by atoms with Gasteiger partial charge in [-0.3, -0.25) is 0 Å². The number of benzene rings is 8. The van der Waals surface area contributed by atoms with Crippen molar-refractivity contribution in [3.63, 3.8) is 0 Å². The van der Waals surface area contributed by atoms with Crippen molar-refractivity contribution in [3.05, 3.63) is 182 Å². The quantitative estimate of drug-likeness (QED) is 0.157. The van der Waals surface area contributed by atoms with Gasteiger partial charge in [-0.25, -0.2) is 29.9 Å². The first kappa shape index (κ1) is 40.7. The van der Waals surface area contributed by atoms with Crippen LogP contribution in [0, 0.1) is 0 Å².